The van der Waals surface area contributed by atoms with Crippen LogP contribution in [0.15, 0.2) is 36.7 Å². The molecule has 0 aliphatic rings. The molecular formula is C15H16N2O3. The second-order valence-electron chi connectivity index (χ2n) is 4.46. The molecule has 0 saturated carbocycles. The van der Waals surface area contributed by atoms with Gasteiger partial charge in [-0.05, 0) is 36.3 Å². The molecule has 5 nitrogen and oxygen atoms in total. The quantitative estimate of drug-likeness (QED) is 0.848. The van der Waals surface area contributed by atoms with Gasteiger partial charge < -0.3 is 9.84 Å². The first-order valence-corrected chi connectivity index (χ1v) is 6.15. The maximum atomic E-state index is 10.5. The number of carbonyl (C=O) groups is 1. The Morgan fingerprint density at radius 1 is 1.50 bits per heavy atom. The predicted octanol–water partition coefficient (Wildman–Crippen LogP) is 2.35. The SMILES string of the molecule is COc1ccc(/C=C\C(=O)O)cc1Cn1cc(C)cn1. The number of carboxylic acids is 1. The molecule has 0 aliphatic heterocycles. The van der Waals surface area contributed by atoms with Crippen LogP contribution in [0.5, 0.6) is 5.75 Å². The monoisotopic (exact) mass is 272 g/mol. The van der Waals surface area contributed by atoms with Crippen LogP contribution in [0.3, 0.4) is 0 Å². The van der Waals surface area contributed by atoms with Crippen LogP contribution in [0, 0.1) is 6.92 Å². The van der Waals surface area contributed by atoms with Gasteiger partial charge in [0.2, 0.25) is 0 Å². The lowest BCUT2D eigenvalue weighted by molar-refractivity contribution is -0.131. The normalized spacial score (nSPS) is 10.9. The Bertz CT molecular complexity index is 644. The second-order valence-corrected chi connectivity index (χ2v) is 4.46. The van der Waals surface area contributed by atoms with E-state index in [4.69, 9.17) is 9.84 Å². The van der Waals surface area contributed by atoms with Gasteiger partial charge in [-0.15, -0.1) is 0 Å². The molecule has 0 radical (unpaired) electrons. The molecule has 0 atom stereocenters. The molecule has 5 heteroatoms. The van der Waals surface area contributed by atoms with Crippen molar-refractivity contribution >= 4 is 12.0 Å². The Hall–Kier alpha value is -2.56. The highest BCUT2D eigenvalue weighted by molar-refractivity contribution is 5.85. The largest absolute Gasteiger partial charge is 0.496 e. The summed E-state index contributed by atoms with van der Waals surface area (Å²) in [6.07, 6.45) is 6.41. The van der Waals surface area contributed by atoms with E-state index in [1.54, 1.807) is 19.4 Å². The van der Waals surface area contributed by atoms with Crippen molar-refractivity contribution in [3.8, 4) is 5.75 Å². The van der Waals surface area contributed by atoms with Crippen molar-refractivity contribution in [2.45, 2.75) is 13.5 Å². The van der Waals surface area contributed by atoms with Crippen molar-refractivity contribution in [3.05, 3.63) is 53.4 Å². The fraction of sp³-hybridized carbons (Fsp3) is 0.200. The van der Waals surface area contributed by atoms with Gasteiger partial charge in [-0.3, -0.25) is 4.68 Å². The number of hydrogen-bond acceptors (Lipinski definition) is 3. The highest BCUT2D eigenvalue weighted by atomic mass is 16.5. The zero-order valence-corrected chi connectivity index (χ0v) is 11.4. The van der Waals surface area contributed by atoms with E-state index in [0.717, 1.165) is 28.5 Å². The molecule has 0 bridgehead atoms. The van der Waals surface area contributed by atoms with E-state index >= 15 is 0 Å². The van der Waals surface area contributed by atoms with Crippen molar-refractivity contribution in [2.75, 3.05) is 7.11 Å². The third-order valence-electron chi connectivity index (χ3n) is 2.82. The van der Waals surface area contributed by atoms with Crippen LogP contribution < -0.4 is 4.74 Å². The van der Waals surface area contributed by atoms with Crippen LogP contribution in [-0.4, -0.2) is 28.0 Å². The maximum absolute atomic E-state index is 10.5. The van der Waals surface area contributed by atoms with E-state index < -0.39 is 5.97 Å². The van der Waals surface area contributed by atoms with E-state index in [0.29, 0.717) is 6.54 Å². The standard InChI is InChI=1S/C15H16N2O3/c1-11-8-16-17(9-11)10-13-7-12(4-6-15(18)19)3-5-14(13)20-2/h3-9H,10H2,1-2H3,(H,18,19)/b6-4-. The molecule has 104 valence electrons. The number of benzene rings is 1. The van der Waals surface area contributed by atoms with Gasteiger partial charge in [0.15, 0.2) is 0 Å². The zero-order valence-electron chi connectivity index (χ0n) is 11.4. The number of nitrogens with zero attached hydrogens (tertiary/aromatic N) is 2. The van der Waals surface area contributed by atoms with E-state index in [1.807, 2.05) is 36.0 Å². The van der Waals surface area contributed by atoms with Crippen molar-refractivity contribution in [1.82, 2.24) is 9.78 Å². The summed E-state index contributed by atoms with van der Waals surface area (Å²) in [5.74, 6) is -0.212. The number of ether oxygens (including phenoxy) is 1. The summed E-state index contributed by atoms with van der Waals surface area (Å²) >= 11 is 0. The van der Waals surface area contributed by atoms with Crippen LogP contribution >= 0.6 is 0 Å². The number of methoxy groups -OCH3 is 1. The predicted molar refractivity (Wildman–Crippen MR) is 75.7 cm³/mol. The highest BCUT2D eigenvalue weighted by Crippen LogP contribution is 2.21. The van der Waals surface area contributed by atoms with Gasteiger partial charge in [-0.1, -0.05) is 6.07 Å². The molecule has 0 fully saturated rings. The Labute approximate surface area is 117 Å². The summed E-state index contributed by atoms with van der Waals surface area (Å²) in [4.78, 5) is 10.5. The van der Waals surface area contributed by atoms with E-state index in [9.17, 15) is 4.79 Å². The van der Waals surface area contributed by atoms with Gasteiger partial charge in [0.25, 0.3) is 0 Å². The number of rotatable bonds is 5. The highest BCUT2D eigenvalue weighted by Gasteiger charge is 2.05. The number of hydrogen-bond donors (Lipinski definition) is 1. The molecule has 0 unspecified atom stereocenters. The van der Waals surface area contributed by atoms with E-state index in [2.05, 4.69) is 5.10 Å². The van der Waals surface area contributed by atoms with Gasteiger partial charge in [0.1, 0.15) is 5.75 Å². The Kier molecular flexibility index (Phi) is 4.20. The summed E-state index contributed by atoms with van der Waals surface area (Å²) in [6.45, 7) is 2.55. The number of carboxylic acid groups (broad SMARTS) is 1. The third-order valence-corrected chi connectivity index (χ3v) is 2.82. The van der Waals surface area contributed by atoms with E-state index in [-0.39, 0.29) is 0 Å². The minimum absolute atomic E-state index is 0.575. The number of aromatic nitrogens is 2. The second kappa shape index (κ2) is 6.06. The lowest BCUT2D eigenvalue weighted by Gasteiger charge is -2.09. The van der Waals surface area contributed by atoms with Crippen LogP contribution in [0.1, 0.15) is 16.7 Å². The zero-order chi connectivity index (χ0) is 14.5. The molecule has 0 amide bonds. The maximum Gasteiger partial charge on any atom is 0.328 e. The Balaban J connectivity index is 2.29. The van der Waals surface area contributed by atoms with Crippen LogP contribution in [0.25, 0.3) is 6.08 Å². The first-order chi connectivity index (χ1) is 9.58. The van der Waals surface area contributed by atoms with Crippen LogP contribution in [0.2, 0.25) is 0 Å². The van der Waals surface area contributed by atoms with Crippen molar-refractivity contribution in [2.24, 2.45) is 0 Å². The minimum atomic E-state index is -0.968. The van der Waals surface area contributed by atoms with Crippen molar-refractivity contribution in [3.63, 3.8) is 0 Å². The summed E-state index contributed by atoms with van der Waals surface area (Å²) in [5.41, 5.74) is 2.85. The molecule has 1 N–H and O–H groups in total. The molecule has 0 spiro atoms. The minimum Gasteiger partial charge on any atom is -0.496 e. The fourth-order valence-electron chi connectivity index (χ4n) is 1.92. The average molecular weight is 272 g/mol. The lowest BCUT2D eigenvalue weighted by atomic mass is 10.1. The number of aliphatic carboxylic acids is 1. The third kappa shape index (κ3) is 3.47. The molecule has 1 aromatic heterocycles. The van der Waals surface area contributed by atoms with Gasteiger partial charge in [-0.25, -0.2) is 4.79 Å². The molecule has 0 aliphatic carbocycles. The molecule has 20 heavy (non-hydrogen) atoms. The van der Waals surface area contributed by atoms with E-state index in [1.165, 1.54) is 0 Å². The van der Waals surface area contributed by atoms with Gasteiger partial charge in [0.05, 0.1) is 19.9 Å². The Morgan fingerprint density at radius 3 is 2.90 bits per heavy atom. The van der Waals surface area contributed by atoms with Crippen LogP contribution in [0.4, 0.5) is 0 Å². The molecule has 1 aromatic carbocycles. The first-order valence-electron chi connectivity index (χ1n) is 6.15. The van der Waals surface area contributed by atoms with Gasteiger partial charge >= 0.3 is 5.97 Å². The summed E-state index contributed by atoms with van der Waals surface area (Å²) in [7, 11) is 1.61. The summed E-state index contributed by atoms with van der Waals surface area (Å²) < 4.78 is 7.14. The summed E-state index contributed by atoms with van der Waals surface area (Å²) in [5, 5.41) is 12.9. The molecule has 2 aromatic rings. The van der Waals surface area contributed by atoms with Crippen molar-refractivity contribution in [1.29, 1.82) is 0 Å². The number of aryl methyl sites for hydroxylation is 1. The van der Waals surface area contributed by atoms with Crippen molar-refractivity contribution < 1.29 is 14.6 Å². The first kappa shape index (κ1) is 13.9. The average Bonchev–Trinajstić information content (AvgIpc) is 2.82. The lowest BCUT2D eigenvalue weighted by Crippen LogP contribution is -2.02. The molecule has 1 heterocycles. The molecule has 0 saturated heterocycles. The smallest absolute Gasteiger partial charge is 0.328 e. The Morgan fingerprint density at radius 2 is 2.30 bits per heavy atom. The van der Waals surface area contributed by atoms with Gasteiger partial charge in [0, 0.05) is 17.8 Å². The van der Waals surface area contributed by atoms with Gasteiger partial charge in [-0.2, -0.15) is 5.10 Å². The molecule has 2 rings (SSSR count). The molecular weight excluding hydrogens is 256 g/mol. The fourth-order valence-corrected chi connectivity index (χ4v) is 1.92. The summed E-state index contributed by atoms with van der Waals surface area (Å²) in [6, 6.07) is 5.54. The van der Waals surface area contributed by atoms with Crippen LogP contribution in [-0.2, 0) is 11.3 Å². The topological polar surface area (TPSA) is 64.3 Å².